The van der Waals surface area contributed by atoms with Crippen molar-refractivity contribution in [3.8, 4) is 34.5 Å². The van der Waals surface area contributed by atoms with Gasteiger partial charge < -0.3 is 87.0 Å². The van der Waals surface area contributed by atoms with Crippen molar-refractivity contribution in [2.75, 3.05) is 78.5 Å². The Morgan fingerprint density at radius 2 is 0.802 bits per heavy atom. The van der Waals surface area contributed by atoms with Gasteiger partial charge in [0.15, 0.2) is 34.5 Å². The molecule has 0 aliphatic carbocycles. The van der Waals surface area contributed by atoms with Crippen LogP contribution in [0.25, 0.3) is 0 Å². The molecule has 13 N–H and O–H groups in total. The molecule has 5 amide bonds. The summed E-state index contributed by atoms with van der Waals surface area (Å²) in [6, 6.07) is 51.0. The lowest BCUT2D eigenvalue weighted by atomic mass is 10.0. The molecule has 0 spiro atoms. The molecule has 0 fully saturated rings. The molecule has 0 aliphatic heterocycles. The Morgan fingerprint density at radius 3 is 1.28 bits per heavy atom. The fraction of sp³-hybridized carbons (Fsp3) is 0.422. The average molecular weight is 1460 g/mol. The highest BCUT2D eigenvalue weighted by atomic mass is 16.6. The van der Waals surface area contributed by atoms with Crippen LogP contribution in [-0.2, 0) is 74.2 Å². The monoisotopic (exact) mass is 1460 g/mol. The number of amides is 5. The maximum Gasteiger partial charge on any atom is 0.410 e. The summed E-state index contributed by atoms with van der Waals surface area (Å²) in [6.07, 6.45) is 7.98. The predicted molar refractivity (Wildman–Crippen MR) is 411 cm³/mol. The topological polar surface area (TPSA) is 349 Å². The minimum atomic E-state index is -1.23. The number of aryl methyl sites for hydroxylation is 6. The fourth-order valence-corrected chi connectivity index (χ4v) is 10.9. The quantitative estimate of drug-likeness (QED) is 0.0125. The Kier molecular flexibility index (Phi) is 41.0. The Labute approximate surface area is 624 Å². The van der Waals surface area contributed by atoms with E-state index in [2.05, 4.69) is 48.0 Å². The van der Waals surface area contributed by atoms with E-state index in [1.807, 2.05) is 119 Å². The SMILES string of the molecule is CC(O)C(=O)O.Cc1ccc(CCC(=O)NCCCN(CCCCN(CCCN)C(=O)CCc2ccc(OCc3ccccc3)c(OCc3ccccc3)c2)C(=O)OCc2ccccc2)cc1C.NCCCN(CCCCNCCCNC(=O)CCc1ccc(O)c(O)c1)C(=O)CCc1ccc(O)c(O)c1. The molecular weight excluding hydrogens is 1350 g/mol. The largest absolute Gasteiger partial charge is 0.504 e. The maximum absolute atomic E-state index is 13.7. The minimum absolute atomic E-state index is 0.00892. The summed E-state index contributed by atoms with van der Waals surface area (Å²) in [5.41, 5.74) is 20.7. The van der Waals surface area contributed by atoms with E-state index in [1.165, 1.54) is 42.3 Å². The second kappa shape index (κ2) is 50.3. The van der Waals surface area contributed by atoms with Gasteiger partial charge in [0.05, 0.1) is 0 Å². The number of nitrogens with two attached hydrogens (primary N) is 2. The molecule has 1 unspecified atom stereocenters. The second-order valence-electron chi connectivity index (χ2n) is 26.1. The summed E-state index contributed by atoms with van der Waals surface area (Å²) in [5, 5.41) is 62.9. The van der Waals surface area contributed by atoms with Gasteiger partial charge in [-0.15, -0.1) is 0 Å². The van der Waals surface area contributed by atoms with Crippen molar-refractivity contribution in [2.45, 2.75) is 149 Å². The van der Waals surface area contributed by atoms with Crippen molar-refractivity contribution < 1.29 is 73.6 Å². The highest BCUT2D eigenvalue weighted by Gasteiger charge is 2.20. The maximum atomic E-state index is 13.7. The third-order valence-corrected chi connectivity index (χ3v) is 17.4. The number of benzene rings is 7. The number of carboxylic acids is 1. The second-order valence-corrected chi connectivity index (χ2v) is 26.1. The highest BCUT2D eigenvalue weighted by molar-refractivity contribution is 5.78. The molecule has 7 aromatic rings. The molecule has 0 saturated heterocycles. The van der Waals surface area contributed by atoms with Gasteiger partial charge in [-0.1, -0.05) is 127 Å². The molecule has 1 atom stereocenters. The molecule has 106 heavy (non-hydrogen) atoms. The van der Waals surface area contributed by atoms with Crippen molar-refractivity contribution in [1.29, 1.82) is 0 Å². The molecule has 0 heterocycles. The summed E-state index contributed by atoms with van der Waals surface area (Å²) in [7, 11) is 0. The first-order chi connectivity index (χ1) is 51.2. The Bertz CT molecular complexity index is 3720. The Morgan fingerprint density at radius 1 is 0.406 bits per heavy atom. The van der Waals surface area contributed by atoms with Crippen molar-refractivity contribution in [3.05, 3.63) is 214 Å². The highest BCUT2D eigenvalue weighted by Crippen LogP contribution is 2.32. The van der Waals surface area contributed by atoms with Crippen LogP contribution in [-0.4, -0.2) is 166 Å². The standard InChI is InChI=1S/C52H64N4O6.C28H42N4O6.C3H6O3/c1-41-22-23-43(36-42(41)2)25-28-50(57)54-31-15-35-56(52(59)62-40-47-20-10-5-11-21-47)33-13-12-32-55(34-14-30-53)51(58)29-26-44-24-27-48(60-38-45-16-6-3-7-17-45)49(37-44)61-39-46-18-8-4-9-19-46;29-13-3-18-32(28(38)12-8-22-6-10-24(34)26(36)20-22)17-2-1-14-30-15-4-16-31-27(37)11-7-21-5-9-23(33)25(35)19-21;1-2(4)3(5)6/h3-11,16-24,27,36-37H,12-15,25-26,28-35,38-40,53H2,1-2H3,(H,54,57);5-6,9-10,19-20,30,33-36H,1-4,7-8,11-18,29H2,(H,31,37);2,4H,1H3,(H,5,6). The zero-order chi connectivity index (χ0) is 76.7. The summed E-state index contributed by atoms with van der Waals surface area (Å²) in [6.45, 7) is 13.3. The zero-order valence-electron chi connectivity index (χ0n) is 61.9. The van der Waals surface area contributed by atoms with Crippen molar-refractivity contribution >= 4 is 35.7 Å². The van der Waals surface area contributed by atoms with E-state index in [9.17, 15) is 49.2 Å². The molecule has 0 radical (unpaired) electrons. The number of carboxylic acid groups (broad SMARTS) is 1. The van der Waals surface area contributed by atoms with Crippen LogP contribution in [0.3, 0.4) is 0 Å². The number of hydrogen-bond donors (Lipinski definition) is 11. The smallest absolute Gasteiger partial charge is 0.410 e. The summed E-state index contributed by atoms with van der Waals surface area (Å²) in [4.78, 5) is 79.3. The number of nitrogens with zero attached hydrogens (tertiary/aromatic N) is 3. The summed E-state index contributed by atoms with van der Waals surface area (Å²) >= 11 is 0. The number of aliphatic hydroxyl groups excluding tert-OH is 1. The molecular formula is C83H112N8O15. The van der Waals surface area contributed by atoms with E-state index in [0.29, 0.717) is 167 Å². The number of aliphatic carboxylic acids is 1. The number of nitrogens with one attached hydrogen (secondary N) is 3. The molecule has 0 aromatic heterocycles. The van der Waals surface area contributed by atoms with E-state index < -0.39 is 18.2 Å². The van der Waals surface area contributed by atoms with Gasteiger partial charge in [0.2, 0.25) is 23.6 Å². The molecule has 0 saturated carbocycles. The first-order valence-electron chi connectivity index (χ1n) is 36.8. The number of carbonyl (C=O) groups excluding carboxylic acids is 5. The number of phenolic OH excluding ortho intramolecular Hbond substituents is 4. The number of hydrogen-bond acceptors (Lipinski definition) is 17. The van der Waals surface area contributed by atoms with Crippen LogP contribution < -0.4 is 36.9 Å². The van der Waals surface area contributed by atoms with Crippen LogP contribution in [0.2, 0.25) is 0 Å². The number of carbonyl (C=O) groups is 6. The first-order valence-corrected chi connectivity index (χ1v) is 36.8. The van der Waals surface area contributed by atoms with Crippen molar-refractivity contribution in [2.24, 2.45) is 11.5 Å². The van der Waals surface area contributed by atoms with E-state index in [0.717, 1.165) is 77.7 Å². The van der Waals surface area contributed by atoms with Gasteiger partial charge >= 0.3 is 12.1 Å². The lowest BCUT2D eigenvalue weighted by Gasteiger charge is -2.25. The van der Waals surface area contributed by atoms with E-state index in [4.69, 9.17) is 35.9 Å². The third-order valence-electron chi connectivity index (χ3n) is 17.4. The van der Waals surface area contributed by atoms with E-state index >= 15 is 0 Å². The first kappa shape index (κ1) is 86.4. The summed E-state index contributed by atoms with van der Waals surface area (Å²) in [5.74, 6) is -0.566. The van der Waals surface area contributed by atoms with Crippen LogP contribution in [0.15, 0.2) is 164 Å². The number of rotatable bonds is 45. The third kappa shape index (κ3) is 35.5. The van der Waals surface area contributed by atoms with Crippen molar-refractivity contribution in [3.63, 3.8) is 0 Å². The summed E-state index contributed by atoms with van der Waals surface area (Å²) < 4.78 is 18.2. The van der Waals surface area contributed by atoms with Crippen LogP contribution in [0.5, 0.6) is 34.5 Å². The van der Waals surface area contributed by atoms with E-state index in [1.54, 1.807) is 17.0 Å². The van der Waals surface area contributed by atoms with Gasteiger partial charge in [0, 0.05) is 78.0 Å². The number of aromatic hydroxyl groups is 4. The minimum Gasteiger partial charge on any atom is -0.504 e. The van der Waals surface area contributed by atoms with Crippen LogP contribution in [0.1, 0.15) is 134 Å². The van der Waals surface area contributed by atoms with Gasteiger partial charge in [0.1, 0.15) is 25.9 Å². The van der Waals surface area contributed by atoms with Gasteiger partial charge in [0.25, 0.3) is 0 Å². The van der Waals surface area contributed by atoms with E-state index in [-0.39, 0.29) is 53.2 Å². The number of ether oxygens (including phenoxy) is 3. The molecule has 574 valence electrons. The van der Waals surface area contributed by atoms with Gasteiger partial charge in [-0.3, -0.25) is 19.2 Å². The lowest BCUT2D eigenvalue weighted by molar-refractivity contribution is -0.145. The Balaban J connectivity index is 0.000000389. The zero-order valence-corrected chi connectivity index (χ0v) is 61.9. The molecule has 0 aliphatic rings. The predicted octanol–water partition coefficient (Wildman–Crippen LogP) is 10.7. The number of unbranched alkanes of at least 4 members (excludes halogenated alkanes) is 2. The Hall–Kier alpha value is -10.2. The van der Waals surface area contributed by atoms with Crippen LogP contribution in [0.4, 0.5) is 4.79 Å². The molecule has 7 aromatic carbocycles. The number of phenols is 4. The number of aliphatic hydroxyl groups is 1. The normalized spacial score (nSPS) is 11.0. The van der Waals surface area contributed by atoms with Gasteiger partial charge in [-0.05, 0) is 210 Å². The average Bonchev–Trinajstić information content (AvgIpc) is 0.853. The van der Waals surface area contributed by atoms with Gasteiger partial charge in [-0.2, -0.15) is 0 Å². The molecule has 0 bridgehead atoms. The molecule has 7 rings (SSSR count). The van der Waals surface area contributed by atoms with Crippen molar-refractivity contribution in [1.82, 2.24) is 30.7 Å². The van der Waals surface area contributed by atoms with Crippen LogP contribution in [0, 0.1) is 13.8 Å². The molecule has 23 nitrogen and oxygen atoms in total. The fourth-order valence-electron chi connectivity index (χ4n) is 10.9. The lowest BCUT2D eigenvalue weighted by Crippen LogP contribution is -2.37. The van der Waals surface area contributed by atoms with Gasteiger partial charge in [-0.25, -0.2) is 9.59 Å². The molecule has 23 heteroatoms. The van der Waals surface area contributed by atoms with Crippen LogP contribution >= 0.6 is 0 Å².